The minimum atomic E-state index is -0.969. The van der Waals surface area contributed by atoms with Crippen LogP contribution >= 0.6 is 0 Å². The summed E-state index contributed by atoms with van der Waals surface area (Å²) in [6, 6.07) is 7.34. The molecule has 1 amide bonds. The molecule has 1 atom stereocenters. The number of carbonyl (C=O) groups excluding carboxylic acids is 1. The molecule has 0 radical (unpaired) electrons. The summed E-state index contributed by atoms with van der Waals surface area (Å²) in [5.74, 6) is -0.155. The van der Waals surface area contributed by atoms with Gasteiger partial charge in [0.2, 0.25) is 0 Å². The molecule has 0 spiro atoms. The number of nitrogens with one attached hydrogen (secondary N) is 1. The van der Waals surface area contributed by atoms with Crippen LogP contribution in [-0.4, -0.2) is 22.5 Å². The molecule has 0 aliphatic rings. The molecule has 0 saturated carbocycles. The smallest absolute Gasteiger partial charge is 0.270 e. The molecule has 2 aromatic rings. The molecule has 0 saturated heterocycles. The first-order chi connectivity index (χ1) is 9.97. The van der Waals surface area contributed by atoms with Crippen LogP contribution in [0.1, 0.15) is 27.8 Å². The zero-order valence-corrected chi connectivity index (χ0v) is 11.3. The van der Waals surface area contributed by atoms with Crippen LogP contribution in [0.4, 0.5) is 5.69 Å². The summed E-state index contributed by atoms with van der Waals surface area (Å²) in [4.78, 5) is 22.2. The lowest BCUT2D eigenvalue weighted by Gasteiger charge is -2.10. The van der Waals surface area contributed by atoms with Gasteiger partial charge in [-0.05, 0) is 30.7 Å². The molecule has 0 aliphatic carbocycles. The third-order valence-corrected chi connectivity index (χ3v) is 2.86. The monoisotopic (exact) mass is 290 g/mol. The van der Waals surface area contributed by atoms with Gasteiger partial charge in [0.15, 0.2) is 0 Å². The first kappa shape index (κ1) is 14.7. The third kappa shape index (κ3) is 3.67. The average molecular weight is 290 g/mol. The quantitative estimate of drug-likeness (QED) is 0.646. The van der Waals surface area contributed by atoms with E-state index in [1.165, 1.54) is 18.4 Å². The van der Waals surface area contributed by atoms with Crippen LogP contribution in [0.5, 0.6) is 0 Å². The Hall–Kier alpha value is -2.67. The Morgan fingerprint density at radius 3 is 2.86 bits per heavy atom. The molecule has 7 heteroatoms. The van der Waals surface area contributed by atoms with Gasteiger partial charge in [0.25, 0.3) is 11.6 Å². The number of aryl methyl sites for hydroxylation is 1. The average Bonchev–Trinajstić information content (AvgIpc) is 2.97. The lowest BCUT2D eigenvalue weighted by molar-refractivity contribution is -0.384. The molecule has 110 valence electrons. The minimum absolute atomic E-state index is 0.0475. The van der Waals surface area contributed by atoms with E-state index >= 15 is 0 Å². The van der Waals surface area contributed by atoms with Gasteiger partial charge in [0.05, 0.1) is 17.7 Å². The van der Waals surface area contributed by atoms with Crippen molar-refractivity contribution >= 4 is 11.6 Å². The van der Waals surface area contributed by atoms with Gasteiger partial charge in [-0.1, -0.05) is 0 Å². The van der Waals surface area contributed by atoms with Crippen molar-refractivity contribution in [3.05, 3.63) is 63.6 Å². The highest BCUT2D eigenvalue weighted by Gasteiger charge is 2.16. The second-order valence-electron chi connectivity index (χ2n) is 4.56. The zero-order valence-electron chi connectivity index (χ0n) is 11.3. The van der Waals surface area contributed by atoms with Gasteiger partial charge in [-0.25, -0.2) is 0 Å². The van der Waals surface area contributed by atoms with E-state index < -0.39 is 16.9 Å². The number of amides is 1. The number of aliphatic hydroxyl groups is 1. The Morgan fingerprint density at radius 1 is 1.48 bits per heavy atom. The number of hydrogen-bond donors (Lipinski definition) is 2. The van der Waals surface area contributed by atoms with Crippen molar-refractivity contribution in [2.24, 2.45) is 0 Å². The Labute approximate surface area is 120 Å². The second kappa shape index (κ2) is 6.19. The highest BCUT2D eigenvalue weighted by Crippen LogP contribution is 2.17. The van der Waals surface area contributed by atoms with Crippen LogP contribution in [0.3, 0.4) is 0 Å². The molecule has 1 heterocycles. The number of non-ortho nitro benzene ring substituents is 1. The van der Waals surface area contributed by atoms with Crippen molar-refractivity contribution in [1.29, 1.82) is 0 Å². The summed E-state index contributed by atoms with van der Waals surface area (Å²) in [5, 5.41) is 23.1. The zero-order chi connectivity index (χ0) is 15.4. The Balaban J connectivity index is 2.05. The highest BCUT2D eigenvalue weighted by atomic mass is 16.6. The number of nitro benzene ring substituents is 1. The Bertz CT molecular complexity index is 651. The first-order valence-corrected chi connectivity index (χ1v) is 6.23. The molecule has 0 aliphatic heterocycles. The topological polar surface area (TPSA) is 106 Å². The van der Waals surface area contributed by atoms with Gasteiger partial charge < -0.3 is 14.8 Å². The van der Waals surface area contributed by atoms with Gasteiger partial charge in [-0.3, -0.25) is 14.9 Å². The van der Waals surface area contributed by atoms with Crippen molar-refractivity contribution < 1.29 is 19.2 Å². The third-order valence-electron chi connectivity index (χ3n) is 2.86. The number of hydrogen-bond acceptors (Lipinski definition) is 5. The van der Waals surface area contributed by atoms with Crippen LogP contribution in [0.25, 0.3) is 0 Å². The molecule has 7 nitrogen and oxygen atoms in total. The normalized spacial score (nSPS) is 11.9. The van der Waals surface area contributed by atoms with E-state index in [4.69, 9.17) is 4.42 Å². The van der Waals surface area contributed by atoms with E-state index in [1.807, 2.05) is 0 Å². The molecule has 1 aromatic carbocycles. The maximum Gasteiger partial charge on any atom is 0.270 e. The summed E-state index contributed by atoms with van der Waals surface area (Å²) >= 11 is 0. The fourth-order valence-corrected chi connectivity index (χ4v) is 1.87. The van der Waals surface area contributed by atoms with Crippen LogP contribution in [0, 0.1) is 17.0 Å². The number of nitrogens with zero attached hydrogens (tertiary/aromatic N) is 1. The maximum absolute atomic E-state index is 12.0. The maximum atomic E-state index is 12.0. The molecular formula is C14H14N2O5. The van der Waals surface area contributed by atoms with E-state index in [0.29, 0.717) is 11.3 Å². The Kier molecular flexibility index (Phi) is 4.34. The number of benzene rings is 1. The molecule has 0 fully saturated rings. The van der Waals surface area contributed by atoms with E-state index in [2.05, 4.69) is 5.32 Å². The predicted octanol–water partition coefficient (Wildman–Crippen LogP) is 1.96. The van der Waals surface area contributed by atoms with Crippen LogP contribution < -0.4 is 5.32 Å². The van der Waals surface area contributed by atoms with Crippen molar-refractivity contribution in [1.82, 2.24) is 5.32 Å². The predicted molar refractivity (Wildman–Crippen MR) is 73.8 cm³/mol. The first-order valence-electron chi connectivity index (χ1n) is 6.23. The summed E-state index contributed by atoms with van der Waals surface area (Å²) < 4.78 is 5.01. The fraction of sp³-hybridized carbons (Fsp3) is 0.214. The van der Waals surface area contributed by atoms with Gasteiger partial charge in [-0.2, -0.15) is 0 Å². The van der Waals surface area contributed by atoms with E-state index in [9.17, 15) is 20.0 Å². The standard InChI is InChI=1S/C14H14N2O5/c1-9-5-10(7-11(6-9)16(19)20)14(18)15-8-12(17)13-3-2-4-21-13/h2-7,12,17H,8H2,1H3,(H,15,18). The van der Waals surface area contributed by atoms with Gasteiger partial charge in [0.1, 0.15) is 11.9 Å². The number of nitro groups is 1. The van der Waals surface area contributed by atoms with E-state index in [-0.39, 0.29) is 17.8 Å². The fourth-order valence-electron chi connectivity index (χ4n) is 1.87. The summed E-state index contributed by atoms with van der Waals surface area (Å²) in [7, 11) is 0. The molecule has 2 rings (SSSR count). The largest absolute Gasteiger partial charge is 0.467 e. The summed E-state index contributed by atoms with van der Waals surface area (Å²) in [6.45, 7) is 1.62. The van der Waals surface area contributed by atoms with Crippen molar-refractivity contribution in [2.75, 3.05) is 6.54 Å². The van der Waals surface area contributed by atoms with Crippen LogP contribution in [-0.2, 0) is 0 Å². The molecule has 21 heavy (non-hydrogen) atoms. The summed E-state index contributed by atoms with van der Waals surface area (Å²) in [5.41, 5.74) is 0.640. The Morgan fingerprint density at radius 2 is 2.24 bits per heavy atom. The van der Waals surface area contributed by atoms with Crippen LogP contribution in [0.2, 0.25) is 0 Å². The molecule has 1 aromatic heterocycles. The lowest BCUT2D eigenvalue weighted by atomic mass is 10.1. The lowest BCUT2D eigenvalue weighted by Crippen LogP contribution is -2.28. The molecule has 2 N–H and O–H groups in total. The minimum Gasteiger partial charge on any atom is -0.467 e. The molecular weight excluding hydrogens is 276 g/mol. The number of aliphatic hydroxyl groups excluding tert-OH is 1. The summed E-state index contributed by atoms with van der Waals surface area (Å²) in [6.07, 6.45) is 0.452. The van der Waals surface area contributed by atoms with Crippen molar-refractivity contribution in [3.63, 3.8) is 0 Å². The SMILES string of the molecule is Cc1cc(C(=O)NCC(O)c2ccco2)cc([N+](=O)[O-])c1. The van der Waals surface area contributed by atoms with E-state index in [1.54, 1.807) is 25.1 Å². The van der Waals surface area contributed by atoms with Gasteiger partial charge >= 0.3 is 0 Å². The molecule has 1 unspecified atom stereocenters. The number of furan rings is 1. The van der Waals surface area contributed by atoms with E-state index in [0.717, 1.165) is 0 Å². The van der Waals surface area contributed by atoms with Crippen molar-refractivity contribution in [3.8, 4) is 0 Å². The number of rotatable bonds is 5. The molecule has 0 bridgehead atoms. The second-order valence-corrected chi connectivity index (χ2v) is 4.56. The van der Waals surface area contributed by atoms with Crippen molar-refractivity contribution in [2.45, 2.75) is 13.0 Å². The number of carbonyl (C=O) groups is 1. The van der Waals surface area contributed by atoms with Crippen LogP contribution in [0.15, 0.2) is 41.0 Å². The van der Waals surface area contributed by atoms with Gasteiger partial charge in [0, 0.05) is 17.7 Å². The van der Waals surface area contributed by atoms with Gasteiger partial charge in [-0.15, -0.1) is 0 Å². The highest BCUT2D eigenvalue weighted by molar-refractivity contribution is 5.95.